The maximum atomic E-state index is 13.1. The van der Waals surface area contributed by atoms with Crippen LogP contribution in [0.15, 0.2) is 59.5 Å². The molecule has 2 rings (SSSR count). The van der Waals surface area contributed by atoms with E-state index in [0.29, 0.717) is 10.5 Å². The van der Waals surface area contributed by atoms with Gasteiger partial charge in [-0.15, -0.1) is 0 Å². The number of halogens is 1. The van der Waals surface area contributed by atoms with Crippen LogP contribution in [0, 0.1) is 5.82 Å². The van der Waals surface area contributed by atoms with E-state index in [1.807, 2.05) is 0 Å². The topological polar surface area (TPSA) is 83.5 Å². The molecule has 0 unspecified atom stereocenters. The molecule has 0 spiro atoms. The van der Waals surface area contributed by atoms with Crippen molar-refractivity contribution in [2.45, 2.75) is 23.8 Å². The summed E-state index contributed by atoms with van der Waals surface area (Å²) in [6.07, 6.45) is -0.0882. The molecular formula is C18H18FNO4S. The lowest BCUT2D eigenvalue weighted by atomic mass is 10.1. The Morgan fingerprint density at radius 1 is 1.12 bits per heavy atom. The Morgan fingerprint density at radius 2 is 1.84 bits per heavy atom. The van der Waals surface area contributed by atoms with Crippen molar-refractivity contribution in [3.05, 3.63) is 66.0 Å². The highest BCUT2D eigenvalue weighted by molar-refractivity contribution is 7.85. The molecule has 0 heterocycles. The molecule has 0 saturated carbocycles. The van der Waals surface area contributed by atoms with Gasteiger partial charge < -0.3 is 10.4 Å². The number of rotatable bonds is 8. The smallest absolute Gasteiger partial charge is 0.326 e. The van der Waals surface area contributed by atoms with Crippen LogP contribution in [0.1, 0.15) is 12.0 Å². The first-order valence-corrected chi connectivity index (χ1v) is 8.97. The Hall–Kier alpha value is -2.54. The molecule has 0 bridgehead atoms. The predicted octanol–water partition coefficient (Wildman–Crippen LogP) is 2.14. The van der Waals surface area contributed by atoms with E-state index in [1.54, 1.807) is 36.4 Å². The monoisotopic (exact) mass is 363 g/mol. The minimum Gasteiger partial charge on any atom is -0.480 e. The van der Waals surface area contributed by atoms with Gasteiger partial charge in [0.15, 0.2) is 0 Å². The van der Waals surface area contributed by atoms with Crippen LogP contribution in [0.3, 0.4) is 0 Å². The molecule has 0 radical (unpaired) electrons. The lowest BCUT2D eigenvalue weighted by Gasteiger charge is -2.14. The average Bonchev–Trinajstić information content (AvgIpc) is 2.58. The zero-order chi connectivity index (χ0) is 18.2. The van der Waals surface area contributed by atoms with Gasteiger partial charge >= 0.3 is 5.97 Å². The molecule has 0 aliphatic rings. The molecule has 1 amide bonds. The molecule has 0 aromatic heterocycles. The number of amides is 1. The summed E-state index contributed by atoms with van der Waals surface area (Å²) in [5, 5.41) is 11.6. The average molecular weight is 363 g/mol. The fourth-order valence-corrected chi connectivity index (χ4v) is 3.40. The van der Waals surface area contributed by atoms with E-state index in [-0.39, 0.29) is 18.6 Å². The van der Waals surface area contributed by atoms with E-state index in [0.717, 1.165) is 0 Å². The fraction of sp³-hybridized carbons (Fsp3) is 0.222. The van der Waals surface area contributed by atoms with Crippen LogP contribution in [0.2, 0.25) is 0 Å². The molecule has 0 fully saturated rings. The summed E-state index contributed by atoms with van der Waals surface area (Å²) in [6, 6.07) is 13.1. The van der Waals surface area contributed by atoms with E-state index < -0.39 is 34.5 Å². The van der Waals surface area contributed by atoms with Crippen LogP contribution < -0.4 is 5.32 Å². The van der Waals surface area contributed by atoms with Gasteiger partial charge in [-0.2, -0.15) is 0 Å². The SMILES string of the molecule is O=C(Cc1cccc(F)c1)N[C@H](CC[S@](=O)c1ccccc1)C(=O)O. The summed E-state index contributed by atoms with van der Waals surface area (Å²) in [4.78, 5) is 23.9. The Bertz CT molecular complexity index is 767. The van der Waals surface area contributed by atoms with Crippen LogP contribution in [-0.2, 0) is 26.8 Å². The molecule has 2 N–H and O–H groups in total. The molecule has 2 aromatic rings. The third-order valence-corrected chi connectivity index (χ3v) is 4.89. The maximum Gasteiger partial charge on any atom is 0.326 e. The highest BCUT2D eigenvalue weighted by Crippen LogP contribution is 2.09. The normalized spacial score (nSPS) is 13.0. The van der Waals surface area contributed by atoms with Crippen molar-refractivity contribution >= 4 is 22.7 Å². The summed E-state index contributed by atoms with van der Waals surface area (Å²) in [6.45, 7) is 0. The lowest BCUT2D eigenvalue weighted by molar-refractivity contribution is -0.141. The van der Waals surface area contributed by atoms with Gasteiger partial charge in [-0.1, -0.05) is 30.3 Å². The van der Waals surface area contributed by atoms with Crippen molar-refractivity contribution in [2.75, 3.05) is 5.75 Å². The highest BCUT2D eigenvalue weighted by Gasteiger charge is 2.21. The molecule has 2 aromatic carbocycles. The summed E-state index contributed by atoms with van der Waals surface area (Å²) >= 11 is 0. The minimum atomic E-state index is -1.34. The first-order chi connectivity index (χ1) is 12.0. The summed E-state index contributed by atoms with van der Waals surface area (Å²) in [5.74, 6) is -2.07. The standard InChI is InChI=1S/C18H18FNO4S/c19-14-6-4-5-13(11-14)12-17(21)20-16(18(22)23)9-10-25(24)15-7-2-1-3-8-15/h1-8,11,16H,9-10,12H2,(H,20,21)(H,22,23)/t16-,25+/m1/s1. The second-order valence-electron chi connectivity index (χ2n) is 5.42. The van der Waals surface area contributed by atoms with Crippen LogP contribution in [0.25, 0.3) is 0 Å². The van der Waals surface area contributed by atoms with Crippen molar-refractivity contribution < 1.29 is 23.3 Å². The largest absolute Gasteiger partial charge is 0.480 e. The molecule has 0 saturated heterocycles. The zero-order valence-corrected chi connectivity index (χ0v) is 14.2. The van der Waals surface area contributed by atoms with E-state index in [2.05, 4.69) is 5.32 Å². The second kappa shape index (κ2) is 9.08. The number of carbonyl (C=O) groups excluding carboxylic acids is 1. The molecule has 132 valence electrons. The van der Waals surface area contributed by atoms with Crippen molar-refractivity contribution in [2.24, 2.45) is 0 Å². The number of carboxylic acid groups (broad SMARTS) is 1. The van der Waals surface area contributed by atoms with Crippen molar-refractivity contribution in [3.63, 3.8) is 0 Å². The van der Waals surface area contributed by atoms with Crippen LogP contribution in [-0.4, -0.2) is 33.0 Å². The Morgan fingerprint density at radius 3 is 2.48 bits per heavy atom. The maximum absolute atomic E-state index is 13.1. The number of hydrogen-bond donors (Lipinski definition) is 2. The van der Waals surface area contributed by atoms with Gasteiger partial charge in [0.1, 0.15) is 11.9 Å². The zero-order valence-electron chi connectivity index (χ0n) is 13.4. The van der Waals surface area contributed by atoms with Gasteiger partial charge in [0.05, 0.1) is 17.2 Å². The van der Waals surface area contributed by atoms with Gasteiger partial charge in [-0.05, 0) is 36.2 Å². The predicted molar refractivity (Wildman–Crippen MR) is 92.0 cm³/mol. The number of aliphatic carboxylic acids is 1. The van der Waals surface area contributed by atoms with Gasteiger partial charge in [0, 0.05) is 10.6 Å². The molecule has 0 aliphatic heterocycles. The van der Waals surface area contributed by atoms with Gasteiger partial charge in [0.2, 0.25) is 5.91 Å². The van der Waals surface area contributed by atoms with E-state index in [4.69, 9.17) is 0 Å². The number of carboxylic acids is 1. The Balaban J connectivity index is 1.91. The molecule has 5 nitrogen and oxygen atoms in total. The summed E-state index contributed by atoms with van der Waals surface area (Å²) < 4.78 is 25.3. The first-order valence-electron chi connectivity index (χ1n) is 7.66. The molecule has 0 aliphatic carbocycles. The second-order valence-corrected chi connectivity index (χ2v) is 6.99. The van der Waals surface area contributed by atoms with Crippen LogP contribution in [0.4, 0.5) is 4.39 Å². The fourth-order valence-electron chi connectivity index (χ4n) is 2.25. The number of hydrogen-bond acceptors (Lipinski definition) is 3. The molecule has 7 heteroatoms. The lowest BCUT2D eigenvalue weighted by Crippen LogP contribution is -2.42. The van der Waals surface area contributed by atoms with Gasteiger partial charge in [-0.3, -0.25) is 9.00 Å². The molecular weight excluding hydrogens is 345 g/mol. The van der Waals surface area contributed by atoms with Crippen molar-refractivity contribution in [1.29, 1.82) is 0 Å². The summed E-state index contributed by atoms with van der Waals surface area (Å²) in [5.41, 5.74) is 0.453. The third-order valence-electron chi connectivity index (χ3n) is 3.49. The van der Waals surface area contributed by atoms with E-state index >= 15 is 0 Å². The summed E-state index contributed by atoms with van der Waals surface area (Å²) in [7, 11) is -1.34. The number of benzene rings is 2. The van der Waals surface area contributed by atoms with Crippen LogP contribution >= 0.6 is 0 Å². The number of carbonyl (C=O) groups is 2. The van der Waals surface area contributed by atoms with E-state index in [9.17, 15) is 23.3 Å². The van der Waals surface area contributed by atoms with Crippen molar-refractivity contribution in [1.82, 2.24) is 5.32 Å². The minimum absolute atomic E-state index is 0.0335. The Labute approximate surface area is 147 Å². The van der Waals surface area contributed by atoms with E-state index in [1.165, 1.54) is 18.2 Å². The van der Waals surface area contributed by atoms with Crippen molar-refractivity contribution in [3.8, 4) is 0 Å². The molecule has 2 atom stereocenters. The number of nitrogens with one attached hydrogen (secondary N) is 1. The third kappa shape index (κ3) is 6.11. The highest BCUT2D eigenvalue weighted by atomic mass is 32.2. The van der Waals surface area contributed by atoms with Gasteiger partial charge in [0.25, 0.3) is 0 Å². The quantitative estimate of drug-likeness (QED) is 0.753. The van der Waals surface area contributed by atoms with Crippen LogP contribution in [0.5, 0.6) is 0 Å². The molecule has 25 heavy (non-hydrogen) atoms. The van der Waals surface area contributed by atoms with Gasteiger partial charge in [-0.25, -0.2) is 9.18 Å². The Kier molecular flexibility index (Phi) is 6.82. The first kappa shape index (κ1) is 18.8.